The fourth-order valence-corrected chi connectivity index (χ4v) is 4.28. The SMILES string of the molecule is COc1cc(-c2nc(C(=O)NCCc3ccccn3)cs2)ccc1OCc1ccc(Cl)c(Cl)c1. The van der Waals surface area contributed by atoms with Gasteiger partial charge in [-0.15, -0.1) is 11.3 Å². The molecule has 0 aliphatic heterocycles. The van der Waals surface area contributed by atoms with Crippen molar-refractivity contribution in [2.75, 3.05) is 13.7 Å². The van der Waals surface area contributed by atoms with Crippen LogP contribution in [0.1, 0.15) is 21.7 Å². The van der Waals surface area contributed by atoms with E-state index in [0.29, 0.717) is 51.8 Å². The number of ether oxygens (including phenoxy) is 2. The van der Waals surface area contributed by atoms with Crippen LogP contribution in [-0.2, 0) is 13.0 Å². The maximum absolute atomic E-state index is 12.5. The molecule has 0 aliphatic carbocycles. The molecule has 0 saturated heterocycles. The predicted octanol–water partition coefficient (Wildman–Crippen LogP) is 6.07. The second-order valence-electron chi connectivity index (χ2n) is 7.27. The van der Waals surface area contributed by atoms with Gasteiger partial charge in [0, 0.05) is 35.8 Å². The zero-order valence-electron chi connectivity index (χ0n) is 18.3. The van der Waals surface area contributed by atoms with E-state index in [1.807, 2.05) is 42.5 Å². The minimum Gasteiger partial charge on any atom is -0.493 e. The summed E-state index contributed by atoms with van der Waals surface area (Å²) in [5, 5.41) is 6.32. The summed E-state index contributed by atoms with van der Waals surface area (Å²) in [7, 11) is 1.58. The molecule has 0 fully saturated rings. The predicted molar refractivity (Wildman–Crippen MR) is 135 cm³/mol. The molecule has 0 unspecified atom stereocenters. The Labute approximate surface area is 211 Å². The number of methoxy groups -OCH3 is 1. The zero-order chi connectivity index (χ0) is 23.9. The van der Waals surface area contributed by atoms with Gasteiger partial charge in [0.1, 0.15) is 17.3 Å². The van der Waals surface area contributed by atoms with E-state index < -0.39 is 0 Å². The molecule has 0 saturated carbocycles. The number of hydrogen-bond donors (Lipinski definition) is 1. The van der Waals surface area contributed by atoms with Gasteiger partial charge in [0.05, 0.1) is 17.2 Å². The average molecular weight is 514 g/mol. The van der Waals surface area contributed by atoms with Gasteiger partial charge in [-0.05, 0) is 48.0 Å². The Hall–Kier alpha value is -3.13. The highest BCUT2D eigenvalue weighted by Gasteiger charge is 2.14. The van der Waals surface area contributed by atoms with Gasteiger partial charge < -0.3 is 14.8 Å². The van der Waals surface area contributed by atoms with E-state index in [1.165, 1.54) is 11.3 Å². The highest BCUT2D eigenvalue weighted by molar-refractivity contribution is 7.13. The lowest BCUT2D eigenvalue weighted by molar-refractivity contribution is 0.0950. The van der Waals surface area contributed by atoms with Crippen LogP contribution in [0.4, 0.5) is 0 Å². The van der Waals surface area contributed by atoms with Crippen molar-refractivity contribution in [2.45, 2.75) is 13.0 Å². The minimum atomic E-state index is -0.216. The third kappa shape index (κ3) is 6.05. The summed E-state index contributed by atoms with van der Waals surface area (Å²) in [5.74, 6) is 0.933. The maximum Gasteiger partial charge on any atom is 0.270 e. The van der Waals surface area contributed by atoms with Crippen LogP contribution in [0.15, 0.2) is 66.2 Å². The monoisotopic (exact) mass is 513 g/mol. The summed E-state index contributed by atoms with van der Waals surface area (Å²) in [6.45, 7) is 0.800. The second kappa shape index (κ2) is 11.3. The van der Waals surface area contributed by atoms with Gasteiger partial charge in [-0.3, -0.25) is 9.78 Å². The Bertz CT molecular complexity index is 1280. The molecular weight excluding hydrogens is 493 g/mol. The molecule has 2 aromatic heterocycles. The number of benzene rings is 2. The molecule has 2 heterocycles. The molecule has 6 nitrogen and oxygen atoms in total. The average Bonchev–Trinajstić information content (AvgIpc) is 3.36. The van der Waals surface area contributed by atoms with Crippen molar-refractivity contribution in [2.24, 2.45) is 0 Å². The number of aromatic nitrogens is 2. The minimum absolute atomic E-state index is 0.216. The number of amides is 1. The number of carbonyl (C=O) groups is 1. The molecule has 0 bridgehead atoms. The van der Waals surface area contributed by atoms with Gasteiger partial charge in [-0.25, -0.2) is 4.98 Å². The van der Waals surface area contributed by atoms with Crippen molar-refractivity contribution in [3.63, 3.8) is 0 Å². The second-order valence-corrected chi connectivity index (χ2v) is 8.94. The number of halogens is 2. The fourth-order valence-electron chi connectivity index (χ4n) is 3.16. The van der Waals surface area contributed by atoms with Crippen molar-refractivity contribution in [3.05, 3.63) is 93.2 Å². The molecule has 0 radical (unpaired) electrons. The number of nitrogens with one attached hydrogen (secondary N) is 1. The van der Waals surface area contributed by atoms with Crippen LogP contribution >= 0.6 is 34.5 Å². The Morgan fingerprint density at radius 3 is 2.71 bits per heavy atom. The van der Waals surface area contributed by atoms with Crippen LogP contribution in [0.5, 0.6) is 11.5 Å². The molecule has 9 heteroatoms. The Morgan fingerprint density at radius 1 is 1.06 bits per heavy atom. The summed E-state index contributed by atoms with van der Waals surface area (Å²) in [5.41, 5.74) is 3.02. The molecule has 174 valence electrons. The third-order valence-corrected chi connectivity index (χ3v) is 6.55. The van der Waals surface area contributed by atoms with Crippen molar-refractivity contribution >= 4 is 40.4 Å². The zero-order valence-corrected chi connectivity index (χ0v) is 20.6. The van der Waals surface area contributed by atoms with Crippen LogP contribution in [0, 0.1) is 0 Å². The Kier molecular flexibility index (Phi) is 8.00. The van der Waals surface area contributed by atoms with Gasteiger partial charge >= 0.3 is 0 Å². The molecule has 0 atom stereocenters. The molecule has 4 rings (SSSR count). The molecule has 0 aliphatic rings. The van der Waals surface area contributed by atoms with E-state index in [0.717, 1.165) is 16.8 Å². The van der Waals surface area contributed by atoms with E-state index >= 15 is 0 Å². The highest BCUT2D eigenvalue weighted by atomic mass is 35.5. The lowest BCUT2D eigenvalue weighted by Crippen LogP contribution is -2.26. The summed E-state index contributed by atoms with van der Waals surface area (Å²) in [4.78, 5) is 21.2. The summed E-state index contributed by atoms with van der Waals surface area (Å²) in [6.07, 6.45) is 2.40. The lowest BCUT2D eigenvalue weighted by Gasteiger charge is -2.12. The summed E-state index contributed by atoms with van der Waals surface area (Å²) >= 11 is 13.4. The van der Waals surface area contributed by atoms with Crippen LogP contribution in [0.2, 0.25) is 10.0 Å². The Balaban J connectivity index is 1.39. The van der Waals surface area contributed by atoms with Gasteiger partial charge in [0.25, 0.3) is 5.91 Å². The lowest BCUT2D eigenvalue weighted by atomic mass is 10.2. The number of thiazole rings is 1. The van der Waals surface area contributed by atoms with E-state index in [2.05, 4.69) is 15.3 Å². The van der Waals surface area contributed by atoms with Crippen molar-refractivity contribution < 1.29 is 14.3 Å². The van der Waals surface area contributed by atoms with E-state index in [9.17, 15) is 4.79 Å². The fraction of sp³-hybridized carbons (Fsp3) is 0.160. The summed E-state index contributed by atoms with van der Waals surface area (Å²) < 4.78 is 11.4. The van der Waals surface area contributed by atoms with Gasteiger partial charge in [-0.1, -0.05) is 35.3 Å². The number of rotatable bonds is 9. The van der Waals surface area contributed by atoms with Crippen molar-refractivity contribution in [3.8, 4) is 22.1 Å². The standard InChI is InChI=1S/C25H21Cl2N3O3S/c1-32-23-13-17(6-8-22(23)33-14-16-5-7-19(26)20(27)12-16)25-30-21(15-34-25)24(31)29-11-9-18-4-2-3-10-28-18/h2-8,10,12-13,15H,9,11,14H2,1H3,(H,29,31). The van der Waals surface area contributed by atoms with Crippen molar-refractivity contribution in [1.82, 2.24) is 15.3 Å². The maximum atomic E-state index is 12.5. The molecule has 2 aromatic carbocycles. The van der Waals surface area contributed by atoms with E-state index in [4.69, 9.17) is 32.7 Å². The normalized spacial score (nSPS) is 10.7. The molecule has 4 aromatic rings. The third-order valence-electron chi connectivity index (χ3n) is 4.92. The number of pyridine rings is 1. The molecular formula is C25H21Cl2N3O3S. The molecule has 1 N–H and O–H groups in total. The first-order valence-corrected chi connectivity index (χ1v) is 12.1. The van der Waals surface area contributed by atoms with E-state index in [-0.39, 0.29) is 5.91 Å². The van der Waals surface area contributed by atoms with Crippen LogP contribution in [0.25, 0.3) is 10.6 Å². The first-order chi connectivity index (χ1) is 16.5. The van der Waals surface area contributed by atoms with Crippen LogP contribution < -0.4 is 14.8 Å². The number of hydrogen-bond acceptors (Lipinski definition) is 6. The first kappa shape index (κ1) is 24.0. The first-order valence-electron chi connectivity index (χ1n) is 10.4. The topological polar surface area (TPSA) is 73.3 Å². The largest absolute Gasteiger partial charge is 0.493 e. The number of nitrogens with zero attached hydrogens (tertiary/aromatic N) is 2. The molecule has 1 amide bonds. The van der Waals surface area contributed by atoms with Crippen molar-refractivity contribution in [1.29, 1.82) is 0 Å². The van der Waals surface area contributed by atoms with Crippen LogP contribution in [-0.4, -0.2) is 29.5 Å². The van der Waals surface area contributed by atoms with Gasteiger partial charge in [0.15, 0.2) is 11.5 Å². The number of carbonyl (C=O) groups excluding carboxylic acids is 1. The Morgan fingerprint density at radius 2 is 1.94 bits per heavy atom. The molecule has 34 heavy (non-hydrogen) atoms. The van der Waals surface area contributed by atoms with Gasteiger partial charge in [0.2, 0.25) is 0 Å². The van der Waals surface area contributed by atoms with Gasteiger partial charge in [-0.2, -0.15) is 0 Å². The molecule has 0 spiro atoms. The smallest absolute Gasteiger partial charge is 0.270 e. The summed E-state index contributed by atoms with van der Waals surface area (Å²) in [6, 6.07) is 16.6. The van der Waals surface area contributed by atoms with Crippen LogP contribution in [0.3, 0.4) is 0 Å². The van der Waals surface area contributed by atoms with E-state index in [1.54, 1.807) is 30.8 Å². The quantitative estimate of drug-likeness (QED) is 0.294. The highest BCUT2D eigenvalue weighted by Crippen LogP contribution is 2.34.